The van der Waals surface area contributed by atoms with Crippen molar-refractivity contribution in [2.45, 2.75) is 103 Å². The lowest BCUT2D eigenvalue weighted by Crippen LogP contribution is -2.37. The van der Waals surface area contributed by atoms with Crippen molar-refractivity contribution in [3.63, 3.8) is 0 Å². The Morgan fingerprint density at radius 2 is 1.86 bits per heavy atom. The molecule has 1 N–H and O–H groups in total. The van der Waals surface area contributed by atoms with Gasteiger partial charge in [0.25, 0.3) is 0 Å². The van der Waals surface area contributed by atoms with E-state index in [0.29, 0.717) is 12.1 Å². The maximum atomic E-state index is 6.76. The minimum Gasteiger partial charge on any atom is -0.490 e. The Morgan fingerprint density at radius 3 is 2.68 bits per heavy atom. The standard InChI is InChI=1S/C26H41NO/c1-3-22-16-21-13-14-23(17-21)26(22)28-25-12-8-7-11-24(25)18-27-19(2)15-20-9-5-4-6-10-20/h7-8,11-12,19-23,26-27H,3-6,9-10,13-18H2,1-2H3. The summed E-state index contributed by atoms with van der Waals surface area (Å²) in [6.45, 7) is 5.65. The molecule has 0 radical (unpaired) electrons. The zero-order valence-corrected chi connectivity index (χ0v) is 18.2. The summed E-state index contributed by atoms with van der Waals surface area (Å²) in [7, 11) is 0. The van der Waals surface area contributed by atoms with Crippen molar-refractivity contribution in [2.24, 2.45) is 23.7 Å². The first-order valence-electron chi connectivity index (χ1n) is 12.2. The van der Waals surface area contributed by atoms with Crippen LogP contribution in [0.1, 0.15) is 90.0 Å². The number of nitrogens with one attached hydrogen (secondary N) is 1. The van der Waals surface area contributed by atoms with E-state index in [0.717, 1.165) is 36.0 Å². The van der Waals surface area contributed by atoms with Crippen molar-refractivity contribution in [3.8, 4) is 5.75 Å². The van der Waals surface area contributed by atoms with Crippen LogP contribution in [0.4, 0.5) is 0 Å². The van der Waals surface area contributed by atoms with E-state index in [9.17, 15) is 0 Å². The quantitative estimate of drug-likeness (QED) is 0.537. The van der Waals surface area contributed by atoms with Crippen LogP contribution in [0, 0.1) is 23.7 Å². The molecule has 3 aliphatic rings. The molecule has 2 nitrogen and oxygen atoms in total. The topological polar surface area (TPSA) is 21.3 Å². The molecular formula is C26H41NO. The summed E-state index contributed by atoms with van der Waals surface area (Å²) in [5, 5.41) is 3.80. The van der Waals surface area contributed by atoms with Gasteiger partial charge in [0.1, 0.15) is 11.9 Å². The number of hydrogen-bond donors (Lipinski definition) is 1. The predicted molar refractivity (Wildman–Crippen MR) is 118 cm³/mol. The van der Waals surface area contributed by atoms with E-state index in [1.54, 1.807) is 0 Å². The number of fused-ring (bicyclic) bond motifs is 2. The zero-order valence-electron chi connectivity index (χ0n) is 18.2. The van der Waals surface area contributed by atoms with Gasteiger partial charge in [-0.25, -0.2) is 0 Å². The summed E-state index contributed by atoms with van der Waals surface area (Å²) in [5.74, 6) is 4.58. The molecule has 0 aliphatic heterocycles. The van der Waals surface area contributed by atoms with Gasteiger partial charge in [0, 0.05) is 18.2 Å². The van der Waals surface area contributed by atoms with E-state index in [2.05, 4.69) is 43.4 Å². The number of para-hydroxylation sites is 1. The van der Waals surface area contributed by atoms with Gasteiger partial charge in [0.05, 0.1) is 0 Å². The highest BCUT2D eigenvalue weighted by Crippen LogP contribution is 2.47. The monoisotopic (exact) mass is 383 g/mol. The molecule has 0 spiro atoms. The first kappa shape index (κ1) is 20.3. The maximum absolute atomic E-state index is 6.76. The van der Waals surface area contributed by atoms with Crippen LogP contribution in [-0.4, -0.2) is 12.1 Å². The van der Waals surface area contributed by atoms with Crippen LogP contribution in [0.5, 0.6) is 5.75 Å². The van der Waals surface area contributed by atoms with Gasteiger partial charge in [-0.15, -0.1) is 0 Å². The second-order valence-electron chi connectivity index (χ2n) is 10.1. The van der Waals surface area contributed by atoms with Crippen LogP contribution >= 0.6 is 0 Å². The van der Waals surface area contributed by atoms with Crippen LogP contribution in [0.25, 0.3) is 0 Å². The van der Waals surface area contributed by atoms with Crippen molar-refractivity contribution in [1.82, 2.24) is 5.32 Å². The molecule has 1 aromatic carbocycles. The van der Waals surface area contributed by atoms with Gasteiger partial charge in [0.15, 0.2) is 0 Å². The van der Waals surface area contributed by atoms with Crippen LogP contribution in [0.2, 0.25) is 0 Å². The Labute approximate surface area is 172 Å². The number of benzene rings is 1. The fourth-order valence-corrected chi connectivity index (χ4v) is 6.37. The summed E-state index contributed by atoms with van der Waals surface area (Å²) in [6.07, 6.45) is 15.8. The van der Waals surface area contributed by atoms with E-state index < -0.39 is 0 Å². The van der Waals surface area contributed by atoms with Crippen LogP contribution in [-0.2, 0) is 6.54 Å². The van der Waals surface area contributed by atoms with Gasteiger partial charge in [-0.05, 0) is 68.8 Å². The molecule has 0 saturated heterocycles. The third kappa shape index (κ3) is 4.93. The first-order chi connectivity index (χ1) is 13.7. The van der Waals surface area contributed by atoms with E-state index in [1.165, 1.54) is 76.2 Å². The first-order valence-corrected chi connectivity index (χ1v) is 12.2. The minimum absolute atomic E-state index is 0.435. The molecule has 5 unspecified atom stereocenters. The van der Waals surface area contributed by atoms with Gasteiger partial charge >= 0.3 is 0 Å². The lowest BCUT2D eigenvalue weighted by molar-refractivity contribution is 0.0406. The summed E-state index contributed by atoms with van der Waals surface area (Å²) in [5.41, 5.74) is 1.34. The fraction of sp³-hybridized carbons (Fsp3) is 0.769. The van der Waals surface area contributed by atoms with Crippen molar-refractivity contribution in [1.29, 1.82) is 0 Å². The van der Waals surface area contributed by atoms with Crippen molar-refractivity contribution < 1.29 is 4.74 Å². The lowest BCUT2D eigenvalue weighted by atomic mass is 9.77. The van der Waals surface area contributed by atoms with Crippen molar-refractivity contribution >= 4 is 0 Å². The van der Waals surface area contributed by atoms with Gasteiger partial charge < -0.3 is 10.1 Å². The predicted octanol–water partition coefficient (Wildman–Crippen LogP) is 6.73. The largest absolute Gasteiger partial charge is 0.490 e. The molecule has 28 heavy (non-hydrogen) atoms. The van der Waals surface area contributed by atoms with Crippen molar-refractivity contribution in [2.75, 3.05) is 0 Å². The highest BCUT2D eigenvalue weighted by Gasteiger charge is 2.42. The van der Waals surface area contributed by atoms with E-state index in [1.807, 2.05) is 0 Å². The molecule has 3 fully saturated rings. The number of hydrogen-bond acceptors (Lipinski definition) is 2. The molecule has 3 aliphatic carbocycles. The Morgan fingerprint density at radius 1 is 1.04 bits per heavy atom. The molecule has 2 bridgehead atoms. The smallest absolute Gasteiger partial charge is 0.124 e. The SMILES string of the molecule is CCC1CC2CCC(C2)C1Oc1ccccc1CNC(C)CC1CCCCC1. The van der Waals surface area contributed by atoms with Gasteiger partial charge in [-0.2, -0.15) is 0 Å². The number of ether oxygens (including phenoxy) is 1. The highest BCUT2D eigenvalue weighted by molar-refractivity contribution is 5.33. The Kier molecular flexibility index (Phi) is 6.99. The fourth-order valence-electron chi connectivity index (χ4n) is 6.37. The van der Waals surface area contributed by atoms with E-state index >= 15 is 0 Å². The normalized spacial score (nSPS) is 31.6. The summed E-state index contributed by atoms with van der Waals surface area (Å²) < 4.78 is 6.76. The van der Waals surface area contributed by atoms with E-state index in [-0.39, 0.29) is 0 Å². The average molecular weight is 384 g/mol. The highest BCUT2D eigenvalue weighted by atomic mass is 16.5. The van der Waals surface area contributed by atoms with Crippen LogP contribution in [0.3, 0.4) is 0 Å². The molecular weight excluding hydrogens is 342 g/mol. The molecule has 4 rings (SSSR count). The van der Waals surface area contributed by atoms with Gasteiger partial charge in [-0.3, -0.25) is 0 Å². The Balaban J connectivity index is 1.35. The molecule has 0 aromatic heterocycles. The second kappa shape index (κ2) is 9.65. The maximum Gasteiger partial charge on any atom is 0.124 e. The molecule has 1 aromatic rings. The molecule has 5 atom stereocenters. The van der Waals surface area contributed by atoms with Crippen molar-refractivity contribution in [3.05, 3.63) is 29.8 Å². The lowest BCUT2D eigenvalue weighted by Gasteiger charge is -2.37. The van der Waals surface area contributed by atoms with Gasteiger partial charge in [-0.1, -0.05) is 63.6 Å². The summed E-state index contributed by atoms with van der Waals surface area (Å²) in [4.78, 5) is 0. The summed E-state index contributed by atoms with van der Waals surface area (Å²) >= 11 is 0. The average Bonchev–Trinajstić information content (AvgIpc) is 3.12. The second-order valence-corrected chi connectivity index (χ2v) is 10.1. The van der Waals surface area contributed by atoms with Crippen LogP contribution < -0.4 is 10.1 Å². The Hall–Kier alpha value is -1.02. The van der Waals surface area contributed by atoms with Crippen LogP contribution in [0.15, 0.2) is 24.3 Å². The third-order valence-corrected chi connectivity index (χ3v) is 7.96. The third-order valence-electron chi connectivity index (χ3n) is 7.96. The summed E-state index contributed by atoms with van der Waals surface area (Å²) in [6, 6.07) is 9.36. The number of rotatable bonds is 8. The molecule has 0 heterocycles. The zero-order chi connectivity index (χ0) is 19.3. The van der Waals surface area contributed by atoms with E-state index in [4.69, 9.17) is 4.74 Å². The minimum atomic E-state index is 0.435. The molecule has 156 valence electrons. The molecule has 3 saturated carbocycles. The molecule has 0 amide bonds. The van der Waals surface area contributed by atoms with Gasteiger partial charge in [0.2, 0.25) is 0 Å². The Bertz CT molecular complexity index is 608. The molecule has 2 heteroatoms.